The lowest BCUT2D eigenvalue weighted by Gasteiger charge is -2.14. The molecule has 2 rings (SSSR count). The highest BCUT2D eigenvalue weighted by Crippen LogP contribution is 2.35. The average Bonchev–Trinajstić information content (AvgIpc) is 2.91. The van der Waals surface area contributed by atoms with Gasteiger partial charge in [-0.25, -0.2) is 0 Å². The van der Waals surface area contributed by atoms with Crippen molar-refractivity contribution >= 4 is 11.4 Å². The van der Waals surface area contributed by atoms with E-state index < -0.39 is 0 Å². The molecule has 0 amide bonds. The van der Waals surface area contributed by atoms with Crippen LogP contribution in [0.4, 0.5) is 11.4 Å². The van der Waals surface area contributed by atoms with Crippen LogP contribution >= 0.6 is 0 Å². The number of rotatable bonds is 7. The van der Waals surface area contributed by atoms with Crippen molar-refractivity contribution in [1.82, 2.24) is 5.32 Å². The normalized spacial score (nSPS) is 18.0. The topological polar surface area (TPSA) is 76.4 Å². The minimum atomic E-state index is -0.381. The van der Waals surface area contributed by atoms with Gasteiger partial charge in [0.25, 0.3) is 0 Å². The molecule has 21 heavy (non-hydrogen) atoms. The molecule has 1 atom stereocenters. The van der Waals surface area contributed by atoms with E-state index in [2.05, 4.69) is 10.6 Å². The highest BCUT2D eigenvalue weighted by atomic mass is 16.6. The van der Waals surface area contributed by atoms with Crippen molar-refractivity contribution in [3.8, 4) is 5.75 Å². The first-order valence-electron chi connectivity index (χ1n) is 7.49. The van der Waals surface area contributed by atoms with Crippen LogP contribution in [0.3, 0.4) is 0 Å². The molecule has 1 aliphatic heterocycles. The van der Waals surface area contributed by atoms with Crippen molar-refractivity contribution in [3.05, 3.63) is 28.3 Å². The number of hydrogen-bond acceptors (Lipinski definition) is 5. The highest BCUT2D eigenvalue weighted by Gasteiger charge is 2.22. The van der Waals surface area contributed by atoms with Crippen molar-refractivity contribution < 1.29 is 9.66 Å². The van der Waals surface area contributed by atoms with E-state index >= 15 is 0 Å². The van der Waals surface area contributed by atoms with Crippen LogP contribution in [-0.4, -0.2) is 30.2 Å². The first kappa shape index (κ1) is 15.6. The molecule has 1 aromatic rings. The van der Waals surface area contributed by atoms with E-state index in [4.69, 9.17) is 4.74 Å². The third kappa shape index (κ3) is 4.32. The number of nitrogens with zero attached hydrogens (tertiary/aromatic N) is 1. The zero-order chi connectivity index (χ0) is 15.2. The molecule has 0 aromatic heterocycles. The van der Waals surface area contributed by atoms with Crippen LogP contribution in [-0.2, 0) is 0 Å². The van der Waals surface area contributed by atoms with Crippen molar-refractivity contribution in [3.63, 3.8) is 0 Å². The summed E-state index contributed by atoms with van der Waals surface area (Å²) in [5.74, 6) is 0.319. The van der Waals surface area contributed by atoms with Gasteiger partial charge in [-0.1, -0.05) is 6.07 Å². The maximum atomic E-state index is 11.3. The van der Waals surface area contributed by atoms with Gasteiger partial charge in [0, 0.05) is 12.6 Å². The second kappa shape index (κ2) is 7.26. The summed E-state index contributed by atoms with van der Waals surface area (Å²) in [6.45, 7) is 5.50. The largest absolute Gasteiger partial charge is 0.484 e. The van der Waals surface area contributed by atoms with Gasteiger partial charge in [-0.05, 0) is 51.8 Å². The van der Waals surface area contributed by atoms with Gasteiger partial charge in [-0.3, -0.25) is 10.1 Å². The molecule has 6 heteroatoms. The van der Waals surface area contributed by atoms with Gasteiger partial charge in [-0.15, -0.1) is 0 Å². The lowest BCUT2D eigenvalue weighted by atomic mass is 10.1. The summed E-state index contributed by atoms with van der Waals surface area (Å²) in [6, 6.07) is 5.67. The van der Waals surface area contributed by atoms with E-state index in [0.717, 1.165) is 13.0 Å². The number of nitro groups is 1. The predicted octanol–water partition coefficient (Wildman–Crippen LogP) is 2.94. The van der Waals surface area contributed by atoms with E-state index in [1.54, 1.807) is 18.2 Å². The van der Waals surface area contributed by atoms with Crippen LogP contribution in [0.5, 0.6) is 5.75 Å². The molecule has 1 fully saturated rings. The Bertz CT molecular complexity index is 485. The smallest absolute Gasteiger partial charge is 0.333 e. The zero-order valence-electron chi connectivity index (χ0n) is 12.6. The monoisotopic (exact) mass is 293 g/mol. The maximum absolute atomic E-state index is 11.3. The molecular formula is C15H23N3O3. The van der Waals surface area contributed by atoms with Crippen LogP contribution in [0.2, 0.25) is 0 Å². The number of para-hydroxylation sites is 1. The second-order valence-corrected chi connectivity index (χ2v) is 5.58. The Labute approximate surface area is 125 Å². The molecule has 0 saturated carbocycles. The lowest BCUT2D eigenvalue weighted by molar-refractivity contribution is -0.385. The molecule has 6 nitrogen and oxygen atoms in total. The van der Waals surface area contributed by atoms with Crippen LogP contribution in [0.1, 0.15) is 33.1 Å². The van der Waals surface area contributed by atoms with Gasteiger partial charge in [0.15, 0.2) is 5.75 Å². The third-order valence-electron chi connectivity index (χ3n) is 3.51. The first-order chi connectivity index (χ1) is 10.1. The van der Waals surface area contributed by atoms with Crippen molar-refractivity contribution in [2.75, 3.05) is 18.4 Å². The van der Waals surface area contributed by atoms with Crippen LogP contribution in [0.25, 0.3) is 0 Å². The molecule has 1 aromatic carbocycles. The van der Waals surface area contributed by atoms with E-state index in [9.17, 15) is 10.1 Å². The van der Waals surface area contributed by atoms with Crippen molar-refractivity contribution in [1.29, 1.82) is 0 Å². The zero-order valence-corrected chi connectivity index (χ0v) is 12.6. The molecule has 1 heterocycles. The second-order valence-electron chi connectivity index (χ2n) is 5.58. The molecule has 1 aliphatic rings. The predicted molar refractivity (Wildman–Crippen MR) is 83.0 cm³/mol. The lowest BCUT2D eigenvalue weighted by Crippen LogP contribution is -2.24. The van der Waals surface area contributed by atoms with Gasteiger partial charge in [0.05, 0.1) is 11.0 Å². The summed E-state index contributed by atoms with van der Waals surface area (Å²) >= 11 is 0. The summed E-state index contributed by atoms with van der Waals surface area (Å²) < 4.78 is 5.53. The van der Waals surface area contributed by atoms with Gasteiger partial charge >= 0.3 is 5.69 Å². The van der Waals surface area contributed by atoms with Crippen LogP contribution in [0.15, 0.2) is 18.2 Å². The van der Waals surface area contributed by atoms with Gasteiger partial charge in [0.1, 0.15) is 5.69 Å². The average molecular weight is 293 g/mol. The summed E-state index contributed by atoms with van der Waals surface area (Å²) in [5, 5.41) is 17.9. The first-order valence-corrected chi connectivity index (χ1v) is 7.49. The fraction of sp³-hybridized carbons (Fsp3) is 0.600. The summed E-state index contributed by atoms with van der Waals surface area (Å²) in [7, 11) is 0. The Hall–Kier alpha value is -1.82. The number of nitro benzene ring substituents is 1. The molecule has 2 N–H and O–H groups in total. The molecule has 0 unspecified atom stereocenters. The third-order valence-corrected chi connectivity index (χ3v) is 3.51. The van der Waals surface area contributed by atoms with E-state index in [-0.39, 0.29) is 16.7 Å². The Balaban J connectivity index is 2.04. The quantitative estimate of drug-likeness (QED) is 0.597. The molecule has 0 bridgehead atoms. The Kier molecular flexibility index (Phi) is 5.38. The molecule has 116 valence electrons. The fourth-order valence-electron chi connectivity index (χ4n) is 2.59. The summed E-state index contributed by atoms with van der Waals surface area (Å²) in [4.78, 5) is 10.9. The summed E-state index contributed by atoms with van der Waals surface area (Å²) in [6.07, 6.45) is 3.26. The van der Waals surface area contributed by atoms with E-state index in [1.165, 1.54) is 12.8 Å². The summed E-state index contributed by atoms with van der Waals surface area (Å²) in [5.41, 5.74) is 0.543. The van der Waals surface area contributed by atoms with Gasteiger partial charge in [0.2, 0.25) is 0 Å². The Morgan fingerprint density at radius 1 is 1.52 bits per heavy atom. The van der Waals surface area contributed by atoms with Gasteiger partial charge < -0.3 is 15.4 Å². The van der Waals surface area contributed by atoms with Crippen LogP contribution in [0, 0.1) is 10.1 Å². The highest BCUT2D eigenvalue weighted by molar-refractivity contribution is 5.68. The molecular weight excluding hydrogens is 270 g/mol. The number of nitrogens with one attached hydrogen (secondary N) is 2. The fourth-order valence-corrected chi connectivity index (χ4v) is 2.59. The van der Waals surface area contributed by atoms with Crippen molar-refractivity contribution in [2.24, 2.45) is 0 Å². The molecule has 0 spiro atoms. The number of anilines is 1. The molecule has 0 radical (unpaired) electrons. The SMILES string of the molecule is CC(C)Oc1cccc(NCC[C@H]2CCCN2)c1[N+](=O)[O-]. The number of benzene rings is 1. The minimum Gasteiger partial charge on any atom is -0.484 e. The maximum Gasteiger partial charge on any atom is 0.333 e. The number of hydrogen-bond donors (Lipinski definition) is 2. The standard InChI is InChI=1S/C15H23N3O3/c1-11(2)21-14-7-3-6-13(15(14)18(19)20)17-10-8-12-5-4-9-16-12/h3,6-7,11-12,16-17H,4-5,8-10H2,1-2H3/t12-/m1/s1. The molecule has 0 aliphatic carbocycles. The van der Waals surface area contributed by atoms with E-state index in [1.807, 2.05) is 13.8 Å². The van der Waals surface area contributed by atoms with Gasteiger partial charge in [-0.2, -0.15) is 0 Å². The minimum absolute atomic E-state index is 0.0191. The van der Waals surface area contributed by atoms with Crippen LogP contribution < -0.4 is 15.4 Å². The van der Waals surface area contributed by atoms with Crippen molar-refractivity contribution in [2.45, 2.75) is 45.3 Å². The van der Waals surface area contributed by atoms with E-state index in [0.29, 0.717) is 24.0 Å². The molecule has 1 saturated heterocycles. The number of ether oxygens (including phenoxy) is 1. The Morgan fingerprint density at radius 3 is 2.95 bits per heavy atom. The Morgan fingerprint density at radius 2 is 2.33 bits per heavy atom.